The highest BCUT2D eigenvalue weighted by Gasteiger charge is 2.14. The number of para-hydroxylation sites is 3. The van der Waals surface area contributed by atoms with Crippen LogP contribution in [0.3, 0.4) is 0 Å². The highest BCUT2D eigenvalue weighted by Crippen LogP contribution is 2.33. The molecular formula is C19H20N2O5. The summed E-state index contributed by atoms with van der Waals surface area (Å²) >= 11 is 0. The lowest BCUT2D eigenvalue weighted by atomic mass is 10.1. The van der Waals surface area contributed by atoms with Crippen LogP contribution in [0, 0.1) is 10.1 Å². The Morgan fingerprint density at radius 1 is 1.19 bits per heavy atom. The second-order valence-corrected chi connectivity index (χ2v) is 5.64. The van der Waals surface area contributed by atoms with Crippen molar-refractivity contribution in [2.24, 2.45) is 0 Å². The largest absolute Gasteiger partial charge is 0.493 e. The van der Waals surface area contributed by atoms with Gasteiger partial charge in [-0.1, -0.05) is 24.3 Å². The number of amides is 1. The molecule has 0 bridgehead atoms. The number of hydrogen-bond donors (Lipinski definition) is 1. The van der Waals surface area contributed by atoms with Gasteiger partial charge in [0, 0.05) is 17.7 Å². The number of nitrogens with zero attached hydrogens (tertiary/aromatic N) is 1. The third-order valence-corrected chi connectivity index (χ3v) is 3.36. The minimum Gasteiger partial charge on any atom is -0.493 e. The van der Waals surface area contributed by atoms with Gasteiger partial charge >= 0.3 is 0 Å². The quantitative estimate of drug-likeness (QED) is 0.459. The lowest BCUT2D eigenvalue weighted by molar-refractivity contribution is -0.383. The fraction of sp³-hybridized carbons (Fsp3) is 0.211. The molecule has 0 saturated heterocycles. The van der Waals surface area contributed by atoms with Crippen LogP contribution in [-0.2, 0) is 4.79 Å². The van der Waals surface area contributed by atoms with Crippen LogP contribution in [0.25, 0.3) is 6.08 Å². The zero-order chi connectivity index (χ0) is 19.1. The Labute approximate surface area is 151 Å². The molecule has 0 aliphatic carbocycles. The summed E-state index contributed by atoms with van der Waals surface area (Å²) in [7, 11) is 1.54. The van der Waals surface area contributed by atoms with Crippen molar-refractivity contribution in [3.05, 3.63) is 64.2 Å². The van der Waals surface area contributed by atoms with E-state index in [2.05, 4.69) is 5.32 Å². The highest BCUT2D eigenvalue weighted by atomic mass is 16.6. The summed E-state index contributed by atoms with van der Waals surface area (Å²) in [6, 6.07) is 11.3. The van der Waals surface area contributed by atoms with Gasteiger partial charge in [-0.05, 0) is 32.1 Å². The molecule has 0 spiro atoms. The zero-order valence-corrected chi connectivity index (χ0v) is 14.8. The molecule has 0 radical (unpaired) electrons. The Morgan fingerprint density at radius 2 is 1.92 bits per heavy atom. The molecule has 26 heavy (non-hydrogen) atoms. The minimum absolute atomic E-state index is 0.0701. The number of hydrogen-bond acceptors (Lipinski definition) is 5. The lowest BCUT2D eigenvalue weighted by Crippen LogP contribution is -2.10. The van der Waals surface area contributed by atoms with Crippen LogP contribution in [0.2, 0.25) is 0 Å². The molecule has 0 heterocycles. The molecule has 2 aromatic carbocycles. The van der Waals surface area contributed by atoms with Gasteiger partial charge in [-0.2, -0.15) is 0 Å². The number of carbonyl (C=O) groups is 1. The molecule has 2 aromatic rings. The van der Waals surface area contributed by atoms with Gasteiger partial charge in [0.1, 0.15) is 5.69 Å². The average Bonchev–Trinajstić information content (AvgIpc) is 2.60. The first kappa shape index (κ1) is 19.0. The molecule has 0 aliphatic heterocycles. The number of methoxy groups -OCH3 is 1. The van der Waals surface area contributed by atoms with Gasteiger partial charge in [0.15, 0.2) is 11.5 Å². The van der Waals surface area contributed by atoms with Gasteiger partial charge in [0.2, 0.25) is 5.91 Å². The molecule has 0 saturated carbocycles. The Balaban J connectivity index is 2.22. The summed E-state index contributed by atoms with van der Waals surface area (Å²) in [5.41, 5.74) is 0.631. The molecule has 0 aromatic heterocycles. The van der Waals surface area contributed by atoms with Crippen molar-refractivity contribution in [1.29, 1.82) is 0 Å². The molecule has 0 aliphatic rings. The fourth-order valence-electron chi connectivity index (χ4n) is 2.27. The van der Waals surface area contributed by atoms with Gasteiger partial charge in [0.05, 0.1) is 18.1 Å². The van der Waals surface area contributed by atoms with Crippen molar-refractivity contribution in [1.82, 2.24) is 0 Å². The predicted molar refractivity (Wildman–Crippen MR) is 99.5 cm³/mol. The number of carbonyl (C=O) groups excluding carboxylic acids is 1. The molecule has 1 amide bonds. The first-order chi connectivity index (χ1) is 12.4. The molecule has 1 N–H and O–H groups in total. The third kappa shape index (κ3) is 4.83. The van der Waals surface area contributed by atoms with Gasteiger partial charge < -0.3 is 14.8 Å². The second kappa shape index (κ2) is 8.66. The smallest absolute Gasteiger partial charge is 0.292 e. The molecule has 0 unspecified atom stereocenters. The van der Waals surface area contributed by atoms with Crippen LogP contribution in [0.4, 0.5) is 11.4 Å². The Morgan fingerprint density at radius 3 is 2.58 bits per heavy atom. The van der Waals surface area contributed by atoms with Crippen molar-refractivity contribution in [3.8, 4) is 11.5 Å². The van der Waals surface area contributed by atoms with E-state index in [0.29, 0.717) is 17.1 Å². The van der Waals surface area contributed by atoms with E-state index in [1.807, 2.05) is 13.8 Å². The van der Waals surface area contributed by atoms with Crippen LogP contribution in [-0.4, -0.2) is 24.0 Å². The molecule has 136 valence electrons. The van der Waals surface area contributed by atoms with Gasteiger partial charge in [0.25, 0.3) is 5.69 Å². The van der Waals surface area contributed by atoms with E-state index in [1.165, 1.54) is 31.4 Å². The van der Waals surface area contributed by atoms with Crippen molar-refractivity contribution >= 4 is 23.4 Å². The summed E-state index contributed by atoms with van der Waals surface area (Å²) in [5, 5.41) is 13.5. The van der Waals surface area contributed by atoms with Gasteiger partial charge in [-0.15, -0.1) is 0 Å². The highest BCUT2D eigenvalue weighted by molar-refractivity contribution is 6.03. The maximum Gasteiger partial charge on any atom is 0.292 e. The van der Waals surface area contributed by atoms with Crippen LogP contribution in [0.15, 0.2) is 48.5 Å². The Bertz CT molecular complexity index is 830. The van der Waals surface area contributed by atoms with Crippen molar-refractivity contribution in [2.45, 2.75) is 20.0 Å². The molecule has 2 rings (SSSR count). The summed E-state index contributed by atoms with van der Waals surface area (Å²) in [6.07, 6.45) is 2.79. The normalized spacial score (nSPS) is 10.8. The topological polar surface area (TPSA) is 90.7 Å². The monoisotopic (exact) mass is 356 g/mol. The summed E-state index contributed by atoms with van der Waals surface area (Å²) in [5.74, 6) is 0.595. The number of benzene rings is 2. The van der Waals surface area contributed by atoms with Gasteiger partial charge in [-0.25, -0.2) is 0 Å². The number of nitrogens with one attached hydrogen (secondary N) is 1. The van der Waals surface area contributed by atoms with E-state index >= 15 is 0 Å². The SMILES string of the molecule is COc1cccc(C=CC(=O)Nc2ccccc2[N+](=O)[O-])c1OC(C)C. The van der Waals surface area contributed by atoms with Crippen LogP contribution in [0.1, 0.15) is 19.4 Å². The van der Waals surface area contributed by atoms with Crippen LogP contribution in [0.5, 0.6) is 11.5 Å². The third-order valence-electron chi connectivity index (χ3n) is 3.36. The number of ether oxygens (including phenoxy) is 2. The van der Waals surface area contributed by atoms with Crippen molar-refractivity contribution in [3.63, 3.8) is 0 Å². The predicted octanol–water partition coefficient (Wildman–Crippen LogP) is 4.04. The molecule has 7 heteroatoms. The summed E-state index contributed by atoms with van der Waals surface area (Å²) < 4.78 is 11.1. The maximum absolute atomic E-state index is 12.2. The summed E-state index contributed by atoms with van der Waals surface area (Å²) in [4.78, 5) is 22.6. The number of nitro groups is 1. The van der Waals surface area contributed by atoms with Crippen LogP contribution >= 0.6 is 0 Å². The van der Waals surface area contributed by atoms with Crippen LogP contribution < -0.4 is 14.8 Å². The first-order valence-corrected chi connectivity index (χ1v) is 7.98. The molecular weight excluding hydrogens is 336 g/mol. The number of rotatable bonds is 7. The zero-order valence-electron chi connectivity index (χ0n) is 14.8. The van der Waals surface area contributed by atoms with E-state index in [-0.39, 0.29) is 17.5 Å². The van der Waals surface area contributed by atoms with Gasteiger partial charge in [-0.3, -0.25) is 14.9 Å². The van der Waals surface area contributed by atoms with E-state index in [4.69, 9.17) is 9.47 Å². The Kier molecular flexibility index (Phi) is 6.32. The number of nitro benzene ring substituents is 1. The molecule has 0 fully saturated rings. The maximum atomic E-state index is 12.2. The Hall–Kier alpha value is -3.35. The molecule has 0 atom stereocenters. The minimum atomic E-state index is -0.546. The fourth-order valence-corrected chi connectivity index (χ4v) is 2.27. The van der Waals surface area contributed by atoms with Crippen molar-refractivity contribution < 1.29 is 19.2 Å². The summed E-state index contributed by atoms with van der Waals surface area (Å²) in [6.45, 7) is 3.78. The number of anilines is 1. The van der Waals surface area contributed by atoms with Crippen molar-refractivity contribution in [2.75, 3.05) is 12.4 Å². The lowest BCUT2D eigenvalue weighted by Gasteiger charge is -2.15. The second-order valence-electron chi connectivity index (χ2n) is 5.64. The van der Waals surface area contributed by atoms with E-state index in [0.717, 1.165) is 0 Å². The standard InChI is InChI=1S/C19H20N2O5/c1-13(2)26-19-14(7-6-10-17(19)25-3)11-12-18(22)20-15-8-4-5-9-16(15)21(23)24/h4-13H,1-3H3,(H,20,22). The first-order valence-electron chi connectivity index (χ1n) is 7.98. The molecule has 7 nitrogen and oxygen atoms in total. The van der Waals surface area contributed by atoms with E-state index in [1.54, 1.807) is 30.3 Å². The van der Waals surface area contributed by atoms with E-state index < -0.39 is 10.8 Å². The van der Waals surface area contributed by atoms with E-state index in [9.17, 15) is 14.9 Å². The average molecular weight is 356 g/mol.